The Morgan fingerprint density at radius 2 is 0.512 bits per heavy atom. The van der Waals surface area contributed by atoms with E-state index in [0.717, 1.165) is 13.8 Å². The number of Topliss-reactive ketones (excluding diaryl/α,β-unsaturated/α-hetero) is 2. The summed E-state index contributed by atoms with van der Waals surface area (Å²) in [7, 11) is 10.7. The van der Waals surface area contributed by atoms with Gasteiger partial charge in [0.15, 0.2) is 0 Å². The second-order valence-electron chi connectivity index (χ2n) is 6.45. The third-order valence-electron chi connectivity index (χ3n) is 0.704. The Morgan fingerprint density at radius 1 is 0.463 bits per heavy atom. The molecule has 0 aliphatic carbocycles. The van der Waals surface area contributed by atoms with Gasteiger partial charge >= 0.3 is 0 Å². The lowest BCUT2D eigenvalue weighted by Crippen LogP contribution is -2.11. The molecule has 0 aliphatic heterocycles. The molecule has 0 fully saturated rings. The maximum absolute atomic E-state index is 9.70. The van der Waals surface area contributed by atoms with Crippen molar-refractivity contribution >= 4 is 47.3 Å². The first-order valence-electron chi connectivity index (χ1n) is 12.3. The van der Waals surface area contributed by atoms with Gasteiger partial charge in [-0.05, 0) is 55.9 Å². The van der Waals surface area contributed by atoms with E-state index >= 15 is 0 Å². The summed E-state index contributed by atoms with van der Waals surface area (Å²) >= 11 is 0. The fourth-order valence-electron chi connectivity index (χ4n) is 0. The summed E-state index contributed by atoms with van der Waals surface area (Å²) in [5.74, 6) is -2.48. The summed E-state index contributed by atoms with van der Waals surface area (Å²) in [6.45, 7) is 13.6. The minimum Gasteiger partial charge on any atom is -0.481 e. The molecule has 0 aromatic heterocycles. The zero-order valence-corrected chi connectivity index (χ0v) is 27.4. The molecule has 0 bridgehead atoms. The van der Waals surface area contributed by atoms with Crippen LogP contribution in [0, 0.1) is 0 Å². The molecule has 0 rings (SSSR count). The minimum atomic E-state index is -0.833. The Morgan fingerprint density at radius 3 is 0.512 bits per heavy atom. The van der Waals surface area contributed by atoms with E-state index in [1.165, 1.54) is 55.4 Å². The zero-order chi connectivity index (χ0) is 38.9. The Bertz CT molecular complexity index is 537. The number of amides is 2. The van der Waals surface area contributed by atoms with Crippen molar-refractivity contribution in [2.75, 3.05) is 42.3 Å². The molecule has 0 saturated carbocycles. The van der Waals surface area contributed by atoms with Crippen LogP contribution in [0.2, 0.25) is 0 Å². The number of hydrogen-bond donors (Lipinski definition) is 8. The predicted molar refractivity (Wildman–Crippen MR) is 159 cm³/mol. The molecular weight excluding hydrogens is 552 g/mol. The van der Waals surface area contributed by atoms with Crippen LogP contribution in [0.25, 0.3) is 2.86 Å². The summed E-state index contributed by atoms with van der Waals surface area (Å²) in [5, 5.41) is 31.8. The molecule has 2 amide bonds. The average molecular weight is 614 g/mol. The van der Waals surface area contributed by atoms with Gasteiger partial charge in [0.05, 0.1) is 0 Å². The molecule has 10 N–H and O–H groups in total. The van der Waals surface area contributed by atoms with Crippen LogP contribution in [0.5, 0.6) is 0 Å². The van der Waals surface area contributed by atoms with E-state index in [0.29, 0.717) is 0 Å². The molecule has 0 unspecified atom stereocenters. The highest BCUT2D eigenvalue weighted by Crippen LogP contribution is 1.51. The maximum Gasteiger partial charge on any atom is 0.300 e. The third kappa shape index (κ3) is 26100000. The first-order valence-corrected chi connectivity index (χ1v) is 11.0. The van der Waals surface area contributed by atoms with Crippen LogP contribution in [0.15, 0.2) is 0 Å². The Hall–Kier alpha value is -3.96. The Kier molecular flexibility index (Phi) is 107. The standard InChI is InChI=1S/2C3H7NO.2C3H6O.2C2H7N.4C2H4O2.H2O/c2*1-3(5)4-2;2*1-3(2)4;2*1-3-2;4*1-2(3)4;/h2*1-2H3,(H,4,5);2*1-2H3;2*3H,1-2H3;4*1H3,(H,3,4);1H2/i/hD3. The monoisotopic (exact) mass is 613 g/mol. The molecule has 0 saturated heterocycles. The number of hydrogen-bond acceptors (Lipinski definition) is 12. The number of nitrogens with one attached hydrogen (secondary N) is 4. The van der Waals surface area contributed by atoms with Gasteiger partial charge in [-0.3, -0.25) is 28.8 Å². The van der Waals surface area contributed by atoms with E-state index in [2.05, 4.69) is 31.5 Å². The van der Waals surface area contributed by atoms with Gasteiger partial charge in [0, 0.05) is 55.6 Å². The lowest BCUT2D eigenvalue weighted by molar-refractivity contribution is -0.135. The topological polar surface area (TPSA) is 297 Å². The van der Waals surface area contributed by atoms with Crippen molar-refractivity contribution in [2.45, 2.75) is 69.2 Å². The van der Waals surface area contributed by atoms with Crippen molar-refractivity contribution in [1.82, 2.24) is 21.3 Å². The van der Waals surface area contributed by atoms with Gasteiger partial charge in [-0.25, -0.2) is 0 Å². The lowest BCUT2D eigenvalue weighted by atomic mass is 10.6. The van der Waals surface area contributed by atoms with Crippen molar-refractivity contribution < 1.29 is 65.7 Å². The van der Waals surface area contributed by atoms with Crippen molar-refractivity contribution in [3.63, 3.8) is 0 Å². The van der Waals surface area contributed by atoms with Crippen LogP contribution < -0.4 is 21.3 Å². The first kappa shape index (κ1) is 57.0. The van der Waals surface area contributed by atoms with E-state index in [4.69, 9.17) is 29.6 Å². The van der Waals surface area contributed by atoms with E-state index in [-0.39, 0.29) is 23.4 Å². The van der Waals surface area contributed by atoms with E-state index < -0.39 is 23.9 Å². The van der Waals surface area contributed by atoms with Crippen LogP contribution in [-0.4, -0.2) is 115 Å². The van der Waals surface area contributed by atoms with E-state index in [1.54, 1.807) is 14.1 Å². The SMILES string of the molecule is CC(=O)O.CC(=O)O.CC(C)=O.CC(C)=O.CNC.CNC.CNC(C)=O.CNC(C)=O.[2H]O.[2H]OC(C)=O.[2H]OC(C)=O. The second kappa shape index (κ2) is 76.6. The van der Waals surface area contributed by atoms with E-state index in [9.17, 15) is 28.8 Å². The summed E-state index contributed by atoms with van der Waals surface area (Å²) in [5.41, 5.74) is 6.25. The molecule has 0 radical (unpaired) electrons. The molecule has 252 valence electrons. The molecule has 0 aromatic rings. The van der Waals surface area contributed by atoms with Gasteiger partial charge in [0.1, 0.15) is 11.6 Å². The zero-order valence-electron chi connectivity index (χ0n) is 30.4. The van der Waals surface area contributed by atoms with Gasteiger partial charge in [0.2, 0.25) is 13.2 Å². The molecule has 17 nitrogen and oxygen atoms in total. The summed E-state index contributed by atoms with van der Waals surface area (Å²) in [6.07, 6.45) is 0. The predicted octanol–water partition coefficient (Wildman–Crippen LogP) is -0.0947. The number of carboxylic acids is 4. The van der Waals surface area contributed by atoms with Gasteiger partial charge in [0.25, 0.3) is 26.7 Å². The molecule has 17 heteroatoms. The Labute approximate surface area is 249 Å². The smallest absolute Gasteiger partial charge is 0.300 e. The van der Waals surface area contributed by atoms with Gasteiger partial charge in [-0.15, -0.1) is 0 Å². The van der Waals surface area contributed by atoms with E-state index in [1.807, 2.05) is 28.2 Å². The largest absolute Gasteiger partial charge is 0.481 e. The Balaban J connectivity index is -0.0000000305. The van der Waals surface area contributed by atoms with Crippen molar-refractivity contribution in [3.05, 3.63) is 0 Å². The lowest BCUT2D eigenvalue weighted by Gasteiger charge is -1.80. The van der Waals surface area contributed by atoms with Crippen LogP contribution in [0.4, 0.5) is 0 Å². The molecule has 0 aliphatic rings. The highest BCUT2D eigenvalue weighted by molar-refractivity contribution is 5.73. The van der Waals surface area contributed by atoms with Crippen molar-refractivity contribution in [2.24, 2.45) is 0 Å². The molecule has 0 atom stereocenters. The number of carboxylic acid groups (broad SMARTS) is 4. The minimum absolute atomic E-state index is 0.00463. The summed E-state index contributed by atoms with van der Waals surface area (Å²) < 4.78 is 16.4. The summed E-state index contributed by atoms with van der Waals surface area (Å²) in [4.78, 5) is 75.1. The van der Waals surface area contributed by atoms with Crippen LogP contribution in [0.1, 0.15) is 70.7 Å². The van der Waals surface area contributed by atoms with Crippen LogP contribution in [-0.2, 0) is 38.4 Å². The normalized spacial score (nSPS) is 6.90. The van der Waals surface area contributed by atoms with Gasteiger partial charge < -0.3 is 56.8 Å². The highest BCUT2D eigenvalue weighted by atomic mass is 16.4. The van der Waals surface area contributed by atoms with Crippen LogP contribution >= 0.6 is 0 Å². The van der Waals surface area contributed by atoms with Crippen LogP contribution in [0.3, 0.4) is 0 Å². The van der Waals surface area contributed by atoms with Gasteiger partial charge in [-0.2, -0.15) is 0 Å². The number of aliphatic carboxylic acids is 4. The number of rotatable bonds is 0. The molecule has 0 aromatic carbocycles. The molecule has 0 spiro atoms. The average Bonchev–Trinajstić information content (AvgIpc) is 2.86. The first-order chi connectivity index (χ1) is 19.8. The summed E-state index contributed by atoms with van der Waals surface area (Å²) in [6, 6.07) is 0. The molecule has 0 heterocycles. The third-order valence-corrected chi connectivity index (χ3v) is 0.704. The van der Waals surface area contributed by atoms with Crippen molar-refractivity contribution in [3.8, 4) is 0 Å². The second-order valence-corrected chi connectivity index (χ2v) is 6.45. The molecule has 41 heavy (non-hydrogen) atoms. The number of carbonyl (C=O) groups excluding carboxylic acids is 4. The fourth-order valence-corrected chi connectivity index (χ4v) is 0. The van der Waals surface area contributed by atoms with Gasteiger partial charge in [-0.1, -0.05) is 0 Å². The molecular formula is C24H58N4O13. The maximum atomic E-state index is 9.70. The number of ketones is 2. The quantitative estimate of drug-likeness (QED) is 0.177. The van der Waals surface area contributed by atoms with Crippen molar-refractivity contribution in [1.29, 1.82) is 2.86 Å². The highest BCUT2D eigenvalue weighted by Gasteiger charge is 1.73. The fraction of sp³-hybridized carbons (Fsp3) is 0.667. The number of carbonyl (C=O) groups is 8.